The van der Waals surface area contributed by atoms with Crippen LogP contribution in [0.4, 0.5) is 0 Å². The lowest BCUT2D eigenvalue weighted by atomic mass is 10.4. The lowest BCUT2D eigenvalue weighted by Crippen LogP contribution is -2.34. The number of rotatable bonds is 1. The number of hydrogen-bond acceptors (Lipinski definition) is 3. The lowest BCUT2D eigenvalue weighted by molar-refractivity contribution is -0.128. The van der Waals surface area contributed by atoms with Crippen molar-refractivity contribution in [3.8, 4) is 0 Å². The van der Waals surface area contributed by atoms with Gasteiger partial charge in [-0.3, -0.25) is 13.9 Å². The zero-order valence-corrected chi connectivity index (χ0v) is 8.85. The fourth-order valence-electron chi connectivity index (χ4n) is 1.29. The van der Waals surface area contributed by atoms with E-state index < -0.39 is 10.6 Å². The van der Waals surface area contributed by atoms with Crippen LogP contribution in [0.25, 0.3) is 0 Å². The second kappa shape index (κ2) is 4.50. The molecular formula is C7H14ClNO3S. The van der Waals surface area contributed by atoms with Gasteiger partial charge in [-0.05, 0) is 6.42 Å². The molecule has 13 heavy (non-hydrogen) atoms. The van der Waals surface area contributed by atoms with E-state index in [4.69, 9.17) is 11.6 Å². The summed E-state index contributed by atoms with van der Waals surface area (Å²) in [6.45, 7) is 0.995. The highest BCUT2D eigenvalue weighted by atomic mass is 35.5. The van der Waals surface area contributed by atoms with Gasteiger partial charge in [0.25, 0.3) is 0 Å². The highest BCUT2D eigenvalue weighted by molar-refractivity contribution is 8.24. The van der Waals surface area contributed by atoms with Crippen LogP contribution in [-0.4, -0.2) is 50.4 Å². The molecule has 0 spiro atoms. The van der Waals surface area contributed by atoms with Gasteiger partial charge in [0, 0.05) is 18.8 Å². The molecule has 0 aromatic heterocycles. The summed E-state index contributed by atoms with van der Waals surface area (Å²) in [5.41, 5.74) is 0. The molecule has 1 saturated heterocycles. The molecule has 0 unspecified atom stereocenters. The fraction of sp³-hybridized carbons (Fsp3) is 0.857. The molecule has 1 aliphatic heterocycles. The highest BCUT2D eigenvalue weighted by Gasteiger charge is 2.21. The van der Waals surface area contributed by atoms with Crippen LogP contribution >= 0.6 is 22.2 Å². The van der Waals surface area contributed by atoms with Gasteiger partial charge in [-0.1, -0.05) is 0 Å². The lowest BCUT2D eigenvalue weighted by Gasteiger charge is -2.30. The van der Waals surface area contributed by atoms with Crippen LogP contribution in [0, 0.1) is 0 Å². The summed E-state index contributed by atoms with van der Waals surface area (Å²) in [6, 6.07) is 0. The SMILES string of the molecule is O=C(CCl)N1CCCS(O)(O)CC1. The fourth-order valence-corrected chi connectivity index (χ4v) is 2.77. The van der Waals surface area contributed by atoms with E-state index in [2.05, 4.69) is 0 Å². The van der Waals surface area contributed by atoms with E-state index in [9.17, 15) is 13.9 Å². The average molecular weight is 228 g/mol. The van der Waals surface area contributed by atoms with Gasteiger partial charge < -0.3 is 4.90 Å². The van der Waals surface area contributed by atoms with E-state index in [0.717, 1.165) is 0 Å². The molecule has 2 N–H and O–H groups in total. The first-order chi connectivity index (χ1) is 6.05. The van der Waals surface area contributed by atoms with Gasteiger partial charge in [0.2, 0.25) is 5.91 Å². The summed E-state index contributed by atoms with van der Waals surface area (Å²) in [7, 11) is -2.43. The van der Waals surface area contributed by atoms with Crippen molar-refractivity contribution < 1.29 is 13.9 Å². The minimum atomic E-state index is -2.43. The van der Waals surface area contributed by atoms with Gasteiger partial charge in [0.15, 0.2) is 0 Å². The van der Waals surface area contributed by atoms with Crippen molar-refractivity contribution in [1.82, 2.24) is 4.90 Å². The molecule has 0 aromatic rings. The van der Waals surface area contributed by atoms with Crippen LogP contribution < -0.4 is 0 Å². The molecule has 0 aromatic carbocycles. The summed E-state index contributed by atoms with van der Waals surface area (Å²) in [4.78, 5) is 12.8. The molecule has 6 heteroatoms. The average Bonchev–Trinajstić information content (AvgIpc) is 2.25. The van der Waals surface area contributed by atoms with Crippen LogP contribution in [0.3, 0.4) is 0 Å². The molecule has 0 saturated carbocycles. The predicted octanol–water partition coefficient (Wildman–Crippen LogP) is 1.21. The third kappa shape index (κ3) is 3.34. The van der Waals surface area contributed by atoms with Gasteiger partial charge in [-0.15, -0.1) is 11.6 Å². The summed E-state index contributed by atoms with van der Waals surface area (Å²) in [5, 5.41) is 0. The van der Waals surface area contributed by atoms with Crippen molar-refractivity contribution in [2.24, 2.45) is 0 Å². The number of alkyl halides is 1. The molecule has 0 aliphatic carbocycles. The van der Waals surface area contributed by atoms with Crippen LogP contribution in [0.15, 0.2) is 0 Å². The first-order valence-corrected chi connectivity index (χ1v) is 6.54. The zero-order chi connectivity index (χ0) is 9.90. The third-order valence-corrected chi connectivity index (χ3v) is 4.06. The zero-order valence-electron chi connectivity index (χ0n) is 7.28. The molecule has 4 nitrogen and oxygen atoms in total. The van der Waals surface area contributed by atoms with E-state index in [0.29, 0.717) is 25.3 Å². The van der Waals surface area contributed by atoms with Gasteiger partial charge in [0.1, 0.15) is 5.88 Å². The van der Waals surface area contributed by atoms with Crippen LogP contribution in [0.5, 0.6) is 0 Å². The smallest absolute Gasteiger partial charge is 0.237 e. The predicted molar refractivity (Wildman–Crippen MR) is 54.5 cm³/mol. The Labute approximate surface area is 84.2 Å². The number of hydrogen-bond donors (Lipinski definition) is 2. The summed E-state index contributed by atoms with van der Waals surface area (Å²) in [5.74, 6) is 0.534. The molecular weight excluding hydrogens is 214 g/mol. The first kappa shape index (κ1) is 11.1. The second-order valence-corrected chi connectivity index (χ2v) is 5.77. The van der Waals surface area contributed by atoms with Crippen molar-refractivity contribution in [3.63, 3.8) is 0 Å². The van der Waals surface area contributed by atoms with E-state index in [1.165, 1.54) is 0 Å². The Morgan fingerprint density at radius 2 is 2.08 bits per heavy atom. The van der Waals surface area contributed by atoms with Gasteiger partial charge in [-0.25, -0.2) is 0 Å². The van der Waals surface area contributed by atoms with Gasteiger partial charge in [0.05, 0.1) is 5.75 Å². The Morgan fingerprint density at radius 1 is 1.38 bits per heavy atom. The van der Waals surface area contributed by atoms with Crippen molar-refractivity contribution in [2.75, 3.05) is 30.5 Å². The molecule has 1 heterocycles. The van der Waals surface area contributed by atoms with Gasteiger partial charge in [-0.2, -0.15) is 10.6 Å². The van der Waals surface area contributed by atoms with Crippen molar-refractivity contribution >= 4 is 28.1 Å². The minimum Gasteiger partial charge on any atom is -0.340 e. The number of carbonyl (C=O) groups excluding carboxylic acids is 1. The maximum atomic E-state index is 11.2. The Kier molecular flexibility index (Phi) is 3.85. The van der Waals surface area contributed by atoms with E-state index >= 15 is 0 Å². The molecule has 1 amide bonds. The minimum absolute atomic E-state index is 0.0286. The highest BCUT2D eigenvalue weighted by Crippen LogP contribution is 2.40. The van der Waals surface area contributed by atoms with E-state index in [-0.39, 0.29) is 17.5 Å². The van der Waals surface area contributed by atoms with Crippen molar-refractivity contribution in [2.45, 2.75) is 6.42 Å². The summed E-state index contributed by atoms with van der Waals surface area (Å²) >= 11 is 5.40. The van der Waals surface area contributed by atoms with Gasteiger partial charge >= 0.3 is 0 Å². The third-order valence-electron chi connectivity index (χ3n) is 2.05. The molecule has 0 atom stereocenters. The van der Waals surface area contributed by atoms with Crippen molar-refractivity contribution in [1.29, 1.82) is 0 Å². The summed E-state index contributed by atoms with van der Waals surface area (Å²) in [6.07, 6.45) is 0.644. The molecule has 0 bridgehead atoms. The van der Waals surface area contributed by atoms with Crippen LogP contribution in [0.2, 0.25) is 0 Å². The van der Waals surface area contributed by atoms with E-state index in [1.807, 2.05) is 0 Å². The van der Waals surface area contributed by atoms with Crippen LogP contribution in [-0.2, 0) is 4.79 Å². The van der Waals surface area contributed by atoms with E-state index in [1.54, 1.807) is 4.90 Å². The Bertz CT molecular complexity index is 200. The normalized spacial score (nSPS) is 25.0. The first-order valence-electron chi connectivity index (χ1n) is 4.12. The largest absolute Gasteiger partial charge is 0.340 e. The molecule has 0 radical (unpaired) electrons. The molecule has 1 rings (SSSR count). The Morgan fingerprint density at radius 3 is 2.69 bits per heavy atom. The Balaban J connectivity index is 2.49. The molecule has 1 fully saturated rings. The maximum Gasteiger partial charge on any atom is 0.237 e. The number of nitrogens with zero attached hydrogens (tertiary/aromatic N) is 1. The molecule has 78 valence electrons. The monoisotopic (exact) mass is 227 g/mol. The quantitative estimate of drug-likeness (QED) is 0.662. The summed E-state index contributed by atoms with van der Waals surface area (Å²) < 4.78 is 18.8. The topological polar surface area (TPSA) is 60.8 Å². The standard InChI is InChI=1S/C7H14ClNO3S/c8-6-7(10)9-2-1-4-13(11,12)5-3-9/h11-12H,1-6H2. The molecule has 1 aliphatic rings. The second-order valence-electron chi connectivity index (χ2n) is 3.08. The number of amides is 1. The van der Waals surface area contributed by atoms with Crippen molar-refractivity contribution in [3.05, 3.63) is 0 Å². The number of carbonyl (C=O) groups is 1. The van der Waals surface area contributed by atoms with Crippen LogP contribution in [0.1, 0.15) is 6.42 Å². The maximum absolute atomic E-state index is 11.2. The number of halogens is 1. The Hall–Kier alpha value is 0.0300.